The van der Waals surface area contributed by atoms with Gasteiger partial charge in [0, 0.05) is 5.02 Å². The number of aromatic carboxylic acids is 1. The van der Waals surface area contributed by atoms with Crippen LogP contribution in [0.4, 0.5) is 5.69 Å². The van der Waals surface area contributed by atoms with Crippen LogP contribution in [0.5, 0.6) is 5.75 Å². The first-order valence-electron chi connectivity index (χ1n) is 6.96. The van der Waals surface area contributed by atoms with Crippen molar-refractivity contribution >= 4 is 63.5 Å². The lowest BCUT2D eigenvalue weighted by Crippen LogP contribution is -2.27. The number of carbonyl (C=O) groups excluding carboxylic acids is 1. The van der Waals surface area contributed by atoms with Crippen LogP contribution in [0, 0.1) is 0 Å². The Morgan fingerprint density at radius 1 is 1.24 bits per heavy atom. The highest BCUT2D eigenvalue weighted by Crippen LogP contribution is 2.37. The first-order valence-corrected chi connectivity index (χ1v) is 8.57. The highest BCUT2D eigenvalue weighted by molar-refractivity contribution is 8.27. The average Bonchev–Trinajstić information content (AvgIpc) is 2.82. The number of hydrogen-bond donors (Lipinski definition) is 2. The topological polar surface area (TPSA) is 77.8 Å². The maximum absolute atomic E-state index is 12.7. The van der Waals surface area contributed by atoms with Crippen molar-refractivity contribution in [3.63, 3.8) is 0 Å². The molecule has 1 aliphatic rings. The van der Waals surface area contributed by atoms with Crippen LogP contribution in [-0.2, 0) is 4.79 Å². The van der Waals surface area contributed by atoms with Crippen LogP contribution < -0.4 is 4.90 Å². The van der Waals surface area contributed by atoms with Gasteiger partial charge < -0.3 is 10.2 Å². The van der Waals surface area contributed by atoms with Crippen LogP contribution in [-0.4, -0.2) is 26.4 Å². The van der Waals surface area contributed by atoms with Crippen molar-refractivity contribution in [2.75, 3.05) is 4.90 Å². The lowest BCUT2D eigenvalue weighted by Gasteiger charge is -2.15. The third kappa shape index (κ3) is 3.53. The van der Waals surface area contributed by atoms with Gasteiger partial charge >= 0.3 is 5.97 Å². The van der Waals surface area contributed by atoms with Gasteiger partial charge in [0.15, 0.2) is 4.32 Å². The molecular weight excluding hydrogens is 382 g/mol. The molecule has 8 heteroatoms. The Bertz CT molecular complexity index is 942. The lowest BCUT2D eigenvalue weighted by atomic mass is 10.1. The number of hydrogen-bond acceptors (Lipinski definition) is 5. The molecular formula is C17H10ClNO4S2. The first-order chi connectivity index (χ1) is 11.9. The monoisotopic (exact) mass is 391 g/mol. The van der Waals surface area contributed by atoms with E-state index in [1.807, 2.05) is 6.07 Å². The van der Waals surface area contributed by atoms with Crippen LogP contribution in [0.15, 0.2) is 47.4 Å². The van der Waals surface area contributed by atoms with Gasteiger partial charge in [-0.15, -0.1) is 0 Å². The molecule has 0 spiro atoms. The van der Waals surface area contributed by atoms with Crippen molar-refractivity contribution in [1.82, 2.24) is 0 Å². The smallest absolute Gasteiger partial charge is 0.339 e. The Labute approximate surface area is 157 Å². The maximum Gasteiger partial charge on any atom is 0.339 e. The fourth-order valence-electron chi connectivity index (χ4n) is 2.27. The number of anilines is 1. The fourth-order valence-corrected chi connectivity index (χ4v) is 3.77. The Morgan fingerprint density at radius 2 is 2.00 bits per heavy atom. The standard InChI is InChI=1S/C17H10ClNO4S2/c18-10-3-1-2-9(6-10)7-14-15(21)19(17(24)25-14)11-4-5-13(20)12(8-11)16(22)23/h1-8,20H,(H,22,23)/b14-7-. The number of rotatable bonds is 3. The molecule has 0 radical (unpaired) electrons. The molecule has 1 saturated heterocycles. The van der Waals surface area contributed by atoms with Gasteiger partial charge in [0.05, 0.1) is 10.6 Å². The number of benzene rings is 2. The SMILES string of the molecule is O=C(O)c1cc(N2C(=O)/C(=C/c3cccc(Cl)c3)SC2=S)ccc1O. The van der Waals surface area contributed by atoms with Gasteiger partial charge in [-0.2, -0.15) is 0 Å². The minimum Gasteiger partial charge on any atom is -0.507 e. The van der Waals surface area contributed by atoms with E-state index in [0.717, 1.165) is 17.3 Å². The van der Waals surface area contributed by atoms with E-state index < -0.39 is 5.97 Å². The highest BCUT2D eigenvalue weighted by Gasteiger charge is 2.33. The molecule has 5 nitrogen and oxygen atoms in total. The summed E-state index contributed by atoms with van der Waals surface area (Å²) in [6.07, 6.45) is 1.67. The highest BCUT2D eigenvalue weighted by atomic mass is 35.5. The van der Waals surface area contributed by atoms with Gasteiger partial charge in [0.2, 0.25) is 0 Å². The summed E-state index contributed by atoms with van der Waals surface area (Å²) in [6.45, 7) is 0. The molecule has 2 aromatic rings. The molecule has 0 saturated carbocycles. The summed E-state index contributed by atoms with van der Waals surface area (Å²) in [5.74, 6) is -2.03. The van der Waals surface area contributed by atoms with Gasteiger partial charge in [0.25, 0.3) is 5.91 Å². The summed E-state index contributed by atoms with van der Waals surface area (Å²) in [6, 6.07) is 10.9. The zero-order valence-corrected chi connectivity index (χ0v) is 14.9. The van der Waals surface area contributed by atoms with Crippen molar-refractivity contribution in [1.29, 1.82) is 0 Å². The summed E-state index contributed by atoms with van der Waals surface area (Å²) in [7, 11) is 0. The number of carboxylic acids is 1. The summed E-state index contributed by atoms with van der Waals surface area (Å²) in [5, 5.41) is 19.3. The number of aromatic hydroxyl groups is 1. The summed E-state index contributed by atoms with van der Waals surface area (Å²) < 4.78 is 0.278. The number of carbonyl (C=O) groups is 2. The van der Waals surface area contributed by atoms with E-state index in [4.69, 9.17) is 28.9 Å². The number of carboxylic acid groups (broad SMARTS) is 1. The lowest BCUT2D eigenvalue weighted by molar-refractivity contribution is -0.113. The van der Waals surface area contributed by atoms with E-state index in [-0.39, 0.29) is 27.2 Å². The minimum atomic E-state index is -1.29. The first kappa shape index (κ1) is 17.5. The molecule has 25 heavy (non-hydrogen) atoms. The van der Waals surface area contributed by atoms with E-state index >= 15 is 0 Å². The van der Waals surface area contributed by atoms with E-state index in [1.165, 1.54) is 23.1 Å². The second-order valence-corrected chi connectivity index (χ2v) is 7.19. The molecule has 126 valence electrons. The molecule has 0 bridgehead atoms. The van der Waals surface area contributed by atoms with E-state index in [1.54, 1.807) is 24.3 Å². The summed E-state index contributed by atoms with van der Waals surface area (Å²) >= 11 is 12.3. The van der Waals surface area contributed by atoms with Crippen molar-refractivity contribution in [3.8, 4) is 5.75 Å². The number of thioether (sulfide) groups is 1. The Morgan fingerprint density at radius 3 is 2.68 bits per heavy atom. The Hall–Kier alpha value is -2.35. The van der Waals surface area contributed by atoms with Crippen molar-refractivity contribution in [2.45, 2.75) is 0 Å². The second-order valence-electron chi connectivity index (χ2n) is 5.08. The predicted molar refractivity (Wildman–Crippen MR) is 102 cm³/mol. The second kappa shape index (κ2) is 6.87. The zero-order chi connectivity index (χ0) is 18.1. The molecule has 2 N–H and O–H groups in total. The number of halogens is 1. The molecule has 1 fully saturated rings. The van der Waals surface area contributed by atoms with Crippen molar-refractivity contribution in [3.05, 3.63) is 63.5 Å². The molecule has 0 atom stereocenters. The Balaban J connectivity index is 1.97. The van der Waals surface area contributed by atoms with Gasteiger partial charge in [0.1, 0.15) is 11.3 Å². The molecule has 0 aromatic heterocycles. The van der Waals surface area contributed by atoms with Gasteiger partial charge in [-0.1, -0.05) is 47.7 Å². The largest absolute Gasteiger partial charge is 0.507 e. The van der Waals surface area contributed by atoms with E-state index in [0.29, 0.717) is 9.93 Å². The predicted octanol–water partition coefficient (Wildman–Crippen LogP) is 4.15. The molecule has 1 heterocycles. The van der Waals surface area contributed by atoms with Gasteiger partial charge in [-0.05, 0) is 42.0 Å². The Kier molecular flexibility index (Phi) is 4.80. The number of amides is 1. The van der Waals surface area contributed by atoms with Crippen molar-refractivity contribution in [2.24, 2.45) is 0 Å². The summed E-state index contributed by atoms with van der Waals surface area (Å²) in [5.41, 5.74) is 0.738. The molecule has 1 amide bonds. The minimum absolute atomic E-state index is 0.278. The average molecular weight is 392 g/mol. The third-order valence-corrected chi connectivity index (χ3v) is 4.95. The zero-order valence-electron chi connectivity index (χ0n) is 12.5. The number of thiocarbonyl (C=S) groups is 1. The van der Waals surface area contributed by atoms with E-state index in [9.17, 15) is 14.7 Å². The maximum atomic E-state index is 12.7. The van der Waals surface area contributed by atoms with Crippen LogP contribution in [0.3, 0.4) is 0 Å². The summed E-state index contributed by atoms with van der Waals surface area (Å²) in [4.78, 5) is 25.5. The van der Waals surface area contributed by atoms with Crippen LogP contribution in [0.2, 0.25) is 5.02 Å². The van der Waals surface area contributed by atoms with Crippen LogP contribution in [0.1, 0.15) is 15.9 Å². The fraction of sp³-hybridized carbons (Fsp3) is 0. The normalized spacial score (nSPS) is 15.9. The molecule has 3 rings (SSSR count). The molecule has 1 aliphatic heterocycles. The number of phenols is 1. The van der Waals surface area contributed by atoms with Crippen LogP contribution >= 0.6 is 35.6 Å². The van der Waals surface area contributed by atoms with Gasteiger partial charge in [-0.3, -0.25) is 9.69 Å². The van der Waals surface area contributed by atoms with Crippen molar-refractivity contribution < 1.29 is 19.8 Å². The molecule has 0 unspecified atom stereocenters. The van der Waals surface area contributed by atoms with Crippen LogP contribution in [0.25, 0.3) is 6.08 Å². The van der Waals surface area contributed by atoms with Gasteiger partial charge in [-0.25, -0.2) is 4.79 Å². The third-order valence-electron chi connectivity index (χ3n) is 3.41. The molecule has 0 aliphatic carbocycles. The number of nitrogens with zero attached hydrogens (tertiary/aromatic N) is 1. The molecule has 2 aromatic carbocycles. The van der Waals surface area contributed by atoms with E-state index in [2.05, 4.69) is 0 Å². The quantitative estimate of drug-likeness (QED) is 0.604.